The van der Waals surface area contributed by atoms with Crippen LogP contribution < -0.4 is 5.32 Å². The summed E-state index contributed by atoms with van der Waals surface area (Å²) in [6.45, 7) is 2.36. The van der Waals surface area contributed by atoms with Crippen molar-refractivity contribution in [3.05, 3.63) is 16.1 Å². The van der Waals surface area contributed by atoms with Gasteiger partial charge in [0.15, 0.2) is 0 Å². The smallest absolute Gasteiger partial charge is 0.263 e. The standard InChI is InChI=1S/C7H9ClN2OS/c1-5-10-4-6(12-5)7(11)9-3-2-8/h4H,2-3H2,1H3,(H,9,11). The summed E-state index contributed by atoms with van der Waals surface area (Å²) in [6.07, 6.45) is 1.57. The number of hydrogen-bond acceptors (Lipinski definition) is 3. The molecule has 0 saturated carbocycles. The van der Waals surface area contributed by atoms with Crippen molar-refractivity contribution in [2.45, 2.75) is 6.92 Å². The molecule has 0 atom stereocenters. The van der Waals surface area contributed by atoms with Crippen LogP contribution in [-0.2, 0) is 0 Å². The van der Waals surface area contributed by atoms with Gasteiger partial charge >= 0.3 is 0 Å². The topological polar surface area (TPSA) is 42.0 Å². The first-order valence-corrected chi connectivity index (χ1v) is 4.85. The third-order valence-electron chi connectivity index (χ3n) is 1.23. The van der Waals surface area contributed by atoms with Crippen molar-refractivity contribution in [1.29, 1.82) is 0 Å². The van der Waals surface area contributed by atoms with E-state index in [0.717, 1.165) is 5.01 Å². The number of aromatic nitrogens is 1. The molecular weight excluding hydrogens is 196 g/mol. The lowest BCUT2D eigenvalue weighted by Gasteiger charge is -1.97. The van der Waals surface area contributed by atoms with Gasteiger partial charge in [-0.05, 0) is 6.92 Å². The van der Waals surface area contributed by atoms with Gasteiger partial charge in [-0.1, -0.05) is 0 Å². The number of amides is 1. The Bertz CT molecular complexity index is 274. The van der Waals surface area contributed by atoms with Crippen molar-refractivity contribution in [2.24, 2.45) is 0 Å². The van der Waals surface area contributed by atoms with E-state index in [0.29, 0.717) is 17.3 Å². The van der Waals surface area contributed by atoms with Crippen LogP contribution in [0, 0.1) is 6.92 Å². The Balaban J connectivity index is 2.53. The summed E-state index contributed by atoms with van der Waals surface area (Å²) < 4.78 is 0. The lowest BCUT2D eigenvalue weighted by Crippen LogP contribution is -2.24. The van der Waals surface area contributed by atoms with Crippen LogP contribution in [0.15, 0.2) is 6.20 Å². The molecule has 0 spiro atoms. The molecule has 0 fully saturated rings. The molecule has 1 N–H and O–H groups in total. The molecule has 1 amide bonds. The summed E-state index contributed by atoms with van der Waals surface area (Å²) in [4.78, 5) is 15.8. The molecule has 1 aromatic rings. The molecule has 1 heterocycles. The Morgan fingerprint density at radius 1 is 1.83 bits per heavy atom. The number of nitrogens with one attached hydrogen (secondary N) is 1. The maximum absolute atomic E-state index is 11.2. The Labute approximate surface area is 79.8 Å². The molecule has 3 nitrogen and oxygen atoms in total. The van der Waals surface area contributed by atoms with Crippen molar-refractivity contribution < 1.29 is 4.79 Å². The molecule has 0 aliphatic heterocycles. The minimum absolute atomic E-state index is 0.0961. The number of carbonyl (C=O) groups excluding carboxylic acids is 1. The van der Waals surface area contributed by atoms with Crippen LogP contribution >= 0.6 is 22.9 Å². The van der Waals surface area contributed by atoms with Crippen LogP contribution in [0.25, 0.3) is 0 Å². The quantitative estimate of drug-likeness (QED) is 0.757. The first kappa shape index (κ1) is 9.48. The number of hydrogen-bond donors (Lipinski definition) is 1. The zero-order chi connectivity index (χ0) is 8.97. The Morgan fingerprint density at radius 3 is 3.08 bits per heavy atom. The van der Waals surface area contributed by atoms with Crippen LogP contribution in [0.2, 0.25) is 0 Å². The van der Waals surface area contributed by atoms with E-state index in [1.807, 2.05) is 6.92 Å². The van der Waals surface area contributed by atoms with Crippen molar-refractivity contribution >= 4 is 28.8 Å². The summed E-state index contributed by atoms with van der Waals surface area (Å²) in [7, 11) is 0. The molecule has 1 rings (SSSR count). The van der Waals surface area contributed by atoms with Crippen LogP contribution in [0.1, 0.15) is 14.7 Å². The molecule has 0 aliphatic rings. The fourth-order valence-corrected chi connectivity index (χ4v) is 1.50. The van der Waals surface area contributed by atoms with E-state index >= 15 is 0 Å². The summed E-state index contributed by atoms with van der Waals surface area (Å²) in [5, 5.41) is 3.56. The van der Waals surface area contributed by atoms with E-state index in [1.54, 1.807) is 6.20 Å². The van der Waals surface area contributed by atoms with Gasteiger partial charge in [0.05, 0.1) is 11.2 Å². The highest BCUT2D eigenvalue weighted by Crippen LogP contribution is 2.10. The van der Waals surface area contributed by atoms with E-state index in [1.165, 1.54) is 11.3 Å². The van der Waals surface area contributed by atoms with Gasteiger partial charge < -0.3 is 5.32 Å². The SMILES string of the molecule is Cc1ncc(C(=O)NCCCl)s1. The van der Waals surface area contributed by atoms with Crippen LogP contribution in [0.3, 0.4) is 0 Å². The van der Waals surface area contributed by atoms with Crippen molar-refractivity contribution in [2.75, 3.05) is 12.4 Å². The monoisotopic (exact) mass is 204 g/mol. The third kappa shape index (κ3) is 2.46. The van der Waals surface area contributed by atoms with Crippen LogP contribution in [0.5, 0.6) is 0 Å². The number of thiazole rings is 1. The predicted molar refractivity (Wildman–Crippen MR) is 49.9 cm³/mol. The average Bonchev–Trinajstić information content (AvgIpc) is 2.47. The van der Waals surface area contributed by atoms with Gasteiger partial charge in [0.1, 0.15) is 4.88 Å². The highest BCUT2D eigenvalue weighted by atomic mass is 35.5. The van der Waals surface area contributed by atoms with E-state index in [4.69, 9.17) is 11.6 Å². The van der Waals surface area contributed by atoms with E-state index in [9.17, 15) is 4.79 Å². The molecule has 0 radical (unpaired) electrons. The van der Waals surface area contributed by atoms with Gasteiger partial charge in [-0.3, -0.25) is 4.79 Å². The van der Waals surface area contributed by atoms with Gasteiger partial charge in [-0.2, -0.15) is 0 Å². The molecule has 12 heavy (non-hydrogen) atoms. The fraction of sp³-hybridized carbons (Fsp3) is 0.429. The minimum atomic E-state index is -0.0961. The largest absolute Gasteiger partial charge is 0.350 e. The summed E-state index contributed by atoms with van der Waals surface area (Å²) >= 11 is 6.79. The van der Waals surface area contributed by atoms with Gasteiger partial charge in [0.2, 0.25) is 0 Å². The van der Waals surface area contributed by atoms with Gasteiger partial charge in [0, 0.05) is 12.4 Å². The van der Waals surface area contributed by atoms with Crippen molar-refractivity contribution in [3.63, 3.8) is 0 Å². The maximum atomic E-state index is 11.2. The zero-order valence-corrected chi connectivity index (χ0v) is 8.21. The third-order valence-corrected chi connectivity index (χ3v) is 2.33. The molecule has 0 unspecified atom stereocenters. The number of carbonyl (C=O) groups is 1. The number of aryl methyl sites for hydroxylation is 1. The number of nitrogens with zero attached hydrogens (tertiary/aromatic N) is 1. The zero-order valence-electron chi connectivity index (χ0n) is 6.63. The summed E-state index contributed by atoms with van der Waals surface area (Å²) in [5.74, 6) is 0.338. The minimum Gasteiger partial charge on any atom is -0.350 e. The van der Waals surface area contributed by atoms with Crippen LogP contribution in [-0.4, -0.2) is 23.3 Å². The van der Waals surface area contributed by atoms with Gasteiger partial charge in [0.25, 0.3) is 5.91 Å². The Morgan fingerprint density at radius 2 is 2.58 bits per heavy atom. The molecule has 0 saturated heterocycles. The Hall–Kier alpha value is -0.610. The second-order valence-corrected chi connectivity index (χ2v) is 3.80. The number of halogens is 1. The van der Waals surface area contributed by atoms with E-state index in [-0.39, 0.29) is 5.91 Å². The fourth-order valence-electron chi connectivity index (χ4n) is 0.714. The molecule has 0 bridgehead atoms. The highest BCUT2D eigenvalue weighted by molar-refractivity contribution is 7.13. The lowest BCUT2D eigenvalue weighted by molar-refractivity contribution is 0.0960. The average molecular weight is 205 g/mol. The van der Waals surface area contributed by atoms with Crippen molar-refractivity contribution in [3.8, 4) is 0 Å². The second kappa shape index (κ2) is 4.42. The van der Waals surface area contributed by atoms with Gasteiger partial charge in [-0.25, -0.2) is 4.98 Å². The van der Waals surface area contributed by atoms with E-state index < -0.39 is 0 Å². The predicted octanol–water partition coefficient (Wildman–Crippen LogP) is 1.42. The summed E-state index contributed by atoms with van der Waals surface area (Å²) in [5.41, 5.74) is 0. The number of rotatable bonds is 3. The highest BCUT2D eigenvalue weighted by Gasteiger charge is 2.06. The normalized spacial score (nSPS) is 9.83. The number of alkyl halides is 1. The maximum Gasteiger partial charge on any atom is 0.263 e. The second-order valence-electron chi connectivity index (χ2n) is 2.19. The Kier molecular flexibility index (Phi) is 3.49. The molecule has 5 heteroatoms. The molecule has 1 aromatic heterocycles. The first-order valence-electron chi connectivity index (χ1n) is 3.50. The molecule has 0 aromatic carbocycles. The molecular formula is C7H9ClN2OS. The molecule has 66 valence electrons. The van der Waals surface area contributed by atoms with Crippen molar-refractivity contribution in [1.82, 2.24) is 10.3 Å². The first-order chi connectivity index (χ1) is 5.74. The molecule has 0 aliphatic carbocycles. The lowest BCUT2D eigenvalue weighted by atomic mass is 10.5. The van der Waals surface area contributed by atoms with E-state index in [2.05, 4.69) is 10.3 Å². The summed E-state index contributed by atoms with van der Waals surface area (Å²) in [6, 6.07) is 0. The van der Waals surface area contributed by atoms with Crippen LogP contribution in [0.4, 0.5) is 0 Å². The van der Waals surface area contributed by atoms with Gasteiger partial charge in [-0.15, -0.1) is 22.9 Å².